The van der Waals surface area contributed by atoms with Crippen molar-refractivity contribution in [1.82, 2.24) is 24.4 Å². The molecule has 4 rings (SSSR count). The number of aryl methyl sites for hydroxylation is 1. The van der Waals surface area contributed by atoms with E-state index in [1.807, 2.05) is 31.2 Å². The van der Waals surface area contributed by atoms with Crippen LogP contribution in [0.2, 0.25) is 0 Å². The zero-order valence-corrected chi connectivity index (χ0v) is 18.6. The van der Waals surface area contributed by atoms with Crippen LogP contribution in [0.4, 0.5) is 18.9 Å². The summed E-state index contributed by atoms with van der Waals surface area (Å²) >= 11 is 0. The van der Waals surface area contributed by atoms with Gasteiger partial charge >= 0.3 is 6.18 Å². The largest absolute Gasteiger partial charge is 0.433 e. The van der Waals surface area contributed by atoms with Crippen LogP contribution >= 0.6 is 0 Å². The van der Waals surface area contributed by atoms with Crippen molar-refractivity contribution >= 4 is 17.2 Å². The quantitative estimate of drug-likeness (QED) is 0.476. The van der Waals surface area contributed by atoms with Crippen molar-refractivity contribution in [3.8, 4) is 0 Å². The molecule has 1 amide bonds. The van der Waals surface area contributed by atoms with Crippen molar-refractivity contribution in [1.29, 1.82) is 0 Å². The molecule has 3 aromatic heterocycles. The van der Waals surface area contributed by atoms with Gasteiger partial charge in [0.25, 0.3) is 5.91 Å². The van der Waals surface area contributed by atoms with E-state index in [0.29, 0.717) is 16.7 Å². The summed E-state index contributed by atoms with van der Waals surface area (Å²) in [6, 6.07) is 10.2. The van der Waals surface area contributed by atoms with Gasteiger partial charge in [-0.1, -0.05) is 50.6 Å². The third kappa shape index (κ3) is 4.89. The number of amides is 1. The molecule has 0 spiro atoms. The van der Waals surface area contributed by atoms with Gasteiger partial charge in [0.15, 0.2) is 11.3 Å². The first-order valence-corrected chi connectivity index (χ1v) is 10.3. The van der Waals surface area contributed by atoms with E-state index in [4.69, 9.17) is 0 Å². The van der Waals surface area contributed by atoms with Crippen LogP contribution in [0.3, 0.4) is 0 Å². The summed E-state index contributed by atoms with van der Waals surface area (Å²) < 4.78 is 43.3. The molecular weight excluding hydrogens is 433 g/mol. The molecule has 4 aromatic rings. The maximum atomic E-state index is 13.6. The first-order chi connectivity index (χ1) is 15.4. The van der Waals surface area contributed by atoms with E-state index in [1.54, 1.807) is 31.6 Å². The predicted octanol–water partition coefficient (Wildman–Crippen LogP) is 4.85. The average Bonchev–Trinajstić information content (AvgIpc) is 3.32. The molecule has 0 saturated heterocycles. The van der Waals surface area contributed by atoms with Crippen LogP contribution in [-0.2, 0) is 18.1 Å². The highest BCUT2D eigenvalue weighted by molar-refractivity contribution is 6.03. The van der Waals surface area contributed by atoms with Gasteiger partial charge in [0, 0.05) is 17.7 Å². The molecular formula is C23H23F3N6O. The minimum Gasteiger partial charge on any atom is -0.318 e. The Balaban J connectivity index is 1.59. The topological polar surface area (TPSA) is 77.1 Å². The van der Waals surface area contributed by atoms with Crippen LogP contribution in [0, 0.1) is 6.92 Å². The molecule has 1 aromatic carbocycles. The van der Waals surface area contributed by atoms with Crippen molar-refractivity contribution in [3.63, 3.8) is 0 Å². The Labute approximate surface area is 188 Å². The number of fused-ring (bicyclic) bond motifs is 1. The lowest BCUT2D eigenvalue weighted by atomic mass is 9.91. The van der Waals surface area contributed by atoms with Crippen molar-refractivity contribution in [2.24, 2.45) is 0 Å². The molecule has 1 N–H and O–H groups in total. The van der Waals surface area contributed by atoms with E-state index in [2.05, 4.69) is 20.5 Å². The number of halogens is 3. The molecule has 0 bridgehead atoms. The SMILES string of the molecule is Cc1cccc(Cn2cc(NC(=O)c3cc4nc(C(C)(C)C)cc(C(F)(F)F)n4n3)cn2)c1. The average molecular weight is 456 g/mol. The molecule has 0 aliphatic heterocycles. The van der Waals surface area contributed by atoms with Gasteiger partial charge in [-0.15, -0.1) is 0 Å². The lowest BCUT2D eigenvalue weighted by molar-refractivity contribution is -0.142. The number of alkyl halides is 3. The van der Waals surface area contributed by atoms with Crippen molar-refractivity contribution < 1.29 is 18.0 Å². The van der Waals surface area contributed by atoms with Gasteiger partial charge in [-0.3, -0.25) is 9.48 Å². The standard InChI is InChI=1S/C23H23F3N6O/c1-14-6-5-7-15(8-14)12-31-13-16(11-27-31)28-21(33)17-9-20-29-18(22(2,3)4)10-19(23(24,25)26)32(20)30-17/h5-11,13H,12H2,1-4H3,(H,28,33). The number of carbonyl (C=O) groups excluding carboxylic acids is 1. The van der Waals surface area contributed by atoms with Crippen LogP contribution < -0.4 is 5.32 Å². The highest BCUT2D eigenvalue weighted by atomic mass is 19.4. The molecule has 0 aliphatic rings. The highest BCUT2D eigenvalue weighted by Crippen LogP contribution is 2.32. The highest BCUT2D eigenvalue weighted by Gasteiger charge is 2.36. The van der Waals surface area contributed by atoms with Gasteiger partial charge < -0.3 is 5.32 Å². The fourth-order valence-corrected chi connectivity index (χ4v) is 3.38. The van der Waals surface area contributed by atoms with E-state index >= 15 is 0 Å². The summed E-state index contributed by atoms with van der Waals surface area (Å²) in [6.45, 7) is 7.82. The Morgan fingerprint density at radius 2 is 1.88 bits per heavy atom. The predicted molar refractivity (Wildman–Crippen MR) is 117 cm³/mol. The molecule has 10 heteroatoms. The number of aromatic nitrogens is 5. The van der Waals surface area contributed by atoms with E-state index in [1.165, 1.54) is 12.3 Å². The third-order valence-corrected chi connectivity index (χ3v) is 5.04. The zero-order valence-electron chi connectivity index (χ0n) is 18.6. The van der Waals surface area contributed by atoms with E-state index in [0.717, 1.165) is 17.2 Å². The van der Waals surface area contributed by atoms with Gasteiger partial charge in [-0.25, -0.2) is 9.50 Å². The Morgan fingerprint density at radius 1 is 1.12 bits per heavy atom. The Morgan fingerprint density at radius 3 is 2.55 bits per heavy atom. The summed E-state index contributed by atoms with van der Waals surface area (Å²) in [6.07, 6.45) is -1.54. The molecule has 7 nitrogen and oxygen atoms in total. The fraction of sp³-hybridized carbons (Fsp3) is 0.304. The molecule has 0 unspecified atom stereocenters. The van der Waals surface area contributed by atoms with Gasteiger partial charge in [0.2, 0.25) is 0 Å². The lowest BCUT2D eigenvalue weighted by Crippen LogP contribution is -2.20. The number of benzene rings is 1. The third-order valence-electron chi connectivity index (χ3n) is 5.04. The number of nitrogens with one attached hydrogen (secondary N) is 1. The number of rotatable bonds is 4. The number of anilines is 1. The summed E-state index contributed by atoms with van der Waals surface area (Å²) in [5.41, 5.74) is 1.03. The number of carbonyl (C=O) groups is 1. The minimum absolute atomic E-state index is 0.0463. The van der Waals surface area contributed by atoms with E-state index in [9.17, 15) is 18.0 Å². The van der Waals surface area contributed by atoms with Crippen molar-refractivity contribution in [2.75, 3.05) is 5.32 Å². The maximum absolute atomic E-state index is 13.6. The second-order valence-corrected chi connectivity index (χ2v) is 8.94. The second kappa shape index (κ2) is 8.02. The van der Waals surface area contributed by atoms with Gasteiger partial charge in [-0.2, -0.15) is 23.4 Å². The first-order valence-electron chi connectivity index (χ1n) is 10.3. The molecule has 33 heavy (non-hydrogen) atoms. The first kappa shape index (κ1) is 22.5. The van der Waals surface area contributed by atoms with Crippen molar-refractivity contribution in [2.45, 2.75) is 45.8 Å². The van der Waals surface area contributed by atoms with Gasteiger partial charge in [0.1, 0.15) is 5.69 Å². The molecule has 0 aliphatic carbocycles. The van der Waals surface area contributed by atoms with Crippen LogP contribution in [-0.4, -0.2) is 30.3 Å². The van der Waals surface area contributed by atoms with Crippen LogP contribution in [0.15, 0.2) is 48.8 Å². The normalized spacial score (nSPS) is 12.3. The molecule has 0 atom stereocenters. The number of hydrogen-bond acceptors (Lipinski definition) is 4. The Bertz CT molecular complexity index is 1330. The summed E-state index contributed by atoms with van der Waals surface area (Å²) in [7, 11) is 0. The van der Waals surface area contributed by atoms with Crippen LogP contribution in [0.25, 0.3) is 5.65 Å². The smallest absolute Gasteiger partial charge is 0.318 e. The number of nitrogens with zero attached hydrogens (tertiary/aromatic N) is 5. The van der Waals surface area contributed by atoms with Crippen molar-refractivity contribution in [3.05, 3.63) is 77.0 Å². The second-order valence-electron chi connectivity index (χ2n) is 8.94. The van der Waals surface area contributed by atoms with Gasteiger partial charge in [-0.05, 0) is 18.6 Å². The van der Waals surface area contributed by atoms with Crippen LogP contribution in [0.1, 0.15) is 53.8 Å². The molecule has 0 saturated carbocycles. The van der Waals surface area contributed by atoms with E-state index < -0.39 is 23.2 Å². The molecule has 3 heterocycles. The zero-order chi connectivity index (χ0) is 24.0. The molecule has 0 fully saturated rings. The minimum atomic E-state index is -4.65. The molecule has 172 valence electrons. The Kier molecular flexibility index (Phi) is 5.47. The Hall–Kier alpha value is -3.69. The monoisotopic (exact) mass is 456 g/mol. The van der Waals surface area contributed by atoms with Gasteiger partial charge in [0.05, 0.1) is 24.1 Å². The fourth-order valence-electron chi connectivity index (χ4n) is 3.38. The molecule has 0 radical (unpaired) electrons. The van der Waals surface area contributed by atoms with Crippen LogP contribution in [0.5, 0.6) is 0 Å². The lowest BCUT2D eigenvalue weighted by Gasteiger charge is -2.19. The maximum Gasteiger partial charge on any atom is 0.433 e. The summed E-state index contributed by atoms with van der Waals surface area (Å²) in [5, 5.41) is 10.7. The number of hydrogen-bond donors (Lipinski definition) is 1. The summed E-state index contributed by atoms with van der Waals surface area (Å²) in [5.74, 6) is -0.652. The van der Waals surface area contributed by atoms with E-state index in [-0.39, 0.29) is 17.0 Å². The summed E-state index contributed by atoms with van der Waals surface area (Å²) in [4.78, 5) is 17.0.